The van der Waals surface area contributed by atoms with E-state index < -0.39 is 11.7 Å². The Bertz CT molecular complexity index is 780. The lowest BCUT2D eigenvalue weighted by Crippen LogP contribution is -2.24. The lowest BCUT2D eigenvalue weighted by molar-refractivity contribution is -0.114. The number of hydrogen-bond donors (Lipinski definition) is 2. The number of ether oxygens (including phenoxy) is 1. The van der Waals surface area contributed by atoms with Gasteiger partial charge in [-0.3, -0.25) is 9.59 Å². The van der Waals surface area contributed by atoms with E-state index in [0.717, 1.165) is 17.0 Å². The number of rotatable bonds is 8. The molecule has 0 saturated heterocycles. The van der Waals surface area contributed by atoms with Crippen molar-refractivity contribution in [1.82, 2.24) is 9.38 Å². The van der Waals surface area contributed by atoms with Crippen LogP contribution in [0.2, 0.25) is 0 Å². The molecule has 0 spiro atoms. The number of aryl methyl sites for hydroxylation is 2. The minimum atomic E-state index is -1.02. The van der Waals surface area contributed by atoms with E-state index in [1.807, 2.05) is 31.4 Å². The van der Waals surface area contributed by atoms with Gasteiger partial charge in [0.2, 0.25) is 5.88 Å². The first-order chi connectivity index (χ1) is 11.5. The summed E-state index contributed by atoms with van der Waals surface area (Å²) in [5.74, 6) is -1.46. The Morgan fingerprint density at radius 1 is 1.38 bits per heavy atom. The molecular formula is C17H23N3O4. The Hall–Kier alpha value is -2.41. The fraction of sp³-hybridized carbons (Fsp3) is 0.471. The molecule has 0 aromatic carbocycles. The van der Waals surface area contributed by atoms with Gasteiger partial charge in [-0.2, -0.15) is 0 Å². The molecule has 0 aliphatic rings. The number of primary amides is 1. The number of nitrogens with zero attached hydrogens (tertiary/aromatic N) is 2. The lowest BCUT2D eigenvalue weighted by Gasteiger charge is -2.08. The van der Waals surface area contributed by atoms with Gasteiger partial charge in [0.15, 0.2) is 0 Å². The summed E-state index contributed by atoms with van der Waals surface area (Å²) in [6, 6.07) is 0. The lowest BCUT2D eigenvalue weighted by atomic mass is 10.00. The van der Waals surface area contributed by atoms with Gasteiger partial charge in [0, 0.05) is 18.5 Å². The molecule has 2 aromatic heterocycles. The average molecular weight is 333 g/mol. The van der Waals surface area contributed by atoms with Crippen LogP contribution in [0.5, 0.6) is 5.88 Å². The van der Waals surface area contributed by atoms with Gasteiger partial charge in [0.05, 0.1) is 17.9 Å². The summed E-state index contributed by atoms with van der Waals surface area (Å²) in [7, 11) is 0. The molecule has 0 radical (unpaired) electrons. The van der Waals surface area contributed by atoms with Crippen molar-refractivity contribution in [1.29, 1.82) is 0 Å². The van der Waals surface area contributed by atoms with Gasteiger partial charge < -0.3 is 20.0 Å². The topological polar surface area (TPSA) is 107 Å². The third-order valence-electron chi connectivity index (χ3n) is 3.87. The van der Waals surface area contributed by atoms with Crippen molar-refractivity contribution in [2.75, 3.05) is 13.2 Å². The Morgan fingerprint density at radius 3 is 2.62 bits per heavy atom. The highest BCUT2D eigenvalue weighted by molar-refractivity contribution is 6.44. The number of nitrogens with two attached hydrogens (primary N) is 1. The number of Topliss-reactive ketones (excluding diaryl/α,β-unsaturated/α-hetero) is 1. The Labute approximate surface area is 140 Å². The SMILES string of the molecule is CCOc1nc(C)cn2c(CC)c(CCCO)c(C(=O)C(N)=O)c12. The number of fused-ring (bicyclic) bond motifs is 1. The predicted molar refractivity (Wildman–Crippen MR) is 89.4 cm³/mol. The van der Waals surface area contributed by atoms with Crippen LogP contribution < -0.4 is 10.5 Å². The van der Waals surface area contributed by atoms with Crippen molar-refractivity contribution in [2.45, 2.75) is 40.0 Å². The van der Waals surface area contributed by atoms with Gasteiger partial charge in [-0.25, -0.2) is 4.98 Å². The quantitative estimate of drug-likeness (QED) is 0.557. The largest absolute Gasteiger partial charge is 0.476 e. The van der Waals surface area contributed by atoms with Gasteiger partial charge in [0.25, 0.3) is 11.7 Å². The minimum absolute atomic E-state index is 0.00482. The molecule has 0 unspecified atom stereocenters. The highest BCUT2D eigenvalue weighted by Crippen LogP contribution is 2.32. The number of amides is 1. The van der Waals surface area contributed by atoms with Crippen molar-refractivity contribution < 1.29 is 19.4 Å². The Kier molecular flexibility index (Phi) is 5.56. The van der Waals surface area contributed by atoms with E-state index in [4.69, 9.17) is 15.6 Å². The molecule has 2 heterocycles. The molecule has 2 rings (SSSR count). The van der Waals surface area contributed by atoms with E-state index in [9.17, 15) is 9.59 Å². The van der Waals surface area contributed by atoms with Crippen LogP contribution in [0.1, 0.15) is 47.6 Å². The van der Waals surface area contributed by atoms with Crippen molar-refractivity contribution in [2.24, 2.45) is 5.73 Å². The predicted octanol–water partition coefficient (Wildman–Crippen LogP) is 1.20. The molecule has 0 aliphatic heterocycles. The molecule has 130 valence electrons. The fourth-order valence-corrected chi connectivity index (χ4v) is 2.98. The van der Waals surface area contributed by atoms with Crippen LogP contribution in [-0.4, -0.2) is 39.4 Å². The normalized spacial score (nSPS) is 11.0. The molecule has 7 nitrogen and oxygen atoms in total. The zero-order valence-electron chi connectivity index (χ0n) is 14.3. The van der Waals surface area contributed by atoms with Crippen LogP contribution in [0.3, 0.4) is 0 Å². The molecular weight excluding hydrogens is 310 g/mol. The number of hydrogen-bond acceptors (Lipinski definition) is 5. The van der Waals surface area contributed by atoms with E-state index >= 15 is 0 Å². The number of aromatic nitrogens is 2. The number of carbonyl (C=O) groups is 2. The fourth-order valence-electron chi connectivity index (χ4n) is 2.98. The van der Waals surface area contributed by atoms with E-state index in [1.165, 1.54) is 0 Å². The Morgan fingerprint density at radius 2 is 2.08 bits per heavy atom. The van der Waals surface area contributed by atoms with Gasteiger partial charge in [-0.15, -0.1) is 0 Å². The van der Waals surface area contributed by atoms with Crippen molar-refractivity contribution in [3.8, 4) is 5.88 Å². The Balaban J connectivity index is 2.89. The first-order valence-corrected chi connectivity index (χ1v) is 8.07. The summed E-state index contributed by atoms with van der Waals surface area (Å²) in [4.78, 5) is 28.4. The summed E-state index contributed by atoms with van der Waals surface area (Å²) in [5.41, 5.74) is 8.32. The summed E-state index contributed by atoms with van der Waals surface area (Å²) in [6.07, 6.45) is 3.43. The second kappa shape index (κ2) is 7.44. The number of aliphatic hydroxyl groups is 1. The molecule has 24 heavy (non-hydrogen) atoms. The maximum Gasteiger partial charge on any atom is 0.289 e. The molecule has 0 fully saturated rings. The molecule has 0 aliphatic carbocycles. The smallest absolute Gasteiger partial charge is 0.289 e. The number of ketones is 1. The molecule has 1 amide bonds. The molecule has 2 aromatic rings. The number of carbonyl (C=O) groups excluding carboxylic acids is 2. The standard InChI is InChI=1S/C17H23N3O4/c1-4-12-11(7-6-8-21)13(15(22)16(18)23)14-17(24-5-2)19-10(3)9-20(12)14/h9,21H,4-8H2,1-3H3,(H2,18,23). The zero-order valence-corrected chi connectivity index (χ0v) is 14.3. The number of aliphatic hydroxyl groups excluding tert-OH is 1. The van der Waals surface area contributed by atoms with Crippen LogP contribution in [0.25, 0.3) is 5.52 Å². The van der Waals surface area contributed by atoms with Gasteiger partial charge >= 0.3 is 0 Å². The maximum atomic E-state index is 12.5. The molecule has 0 bridgehead atoms. The van der Waals surface area contributed by atoms with E-state index in [0.29, 0.717) is 37.3 Å². The maximum absolute atomic E-state index is 12.5. The van der Waals surface area contributed by atoms with E-state index in [1.54, 1.807) is 0 Å². The highest BCUT2D eigenvalue weighted by atomic mass is 16.5. The minimum Gasteiger partial charge on any atom is -0.476 e. The third-order valence-corrected chi connectivity index (χ3v) is 3.87. The van der Waals surface area contributed by atoms with Gasteiger partial charge in [-0.1, -0.05) is 6.92 Å². The summed E-state index contributed by atoms with van der Waals surface area (Å²) in [5, 5.41) is 9.17. The van der Waals surface area contributed by atoms with Crippen molar-refractivity contribution >= 4 is 17.2 Å². The van der Waals surface area contributed by atoms with Crippen LogP contribution in [0.15, 0.2) is 6.20 Å². The zero-order chi connectivity index (χ0) is 17.9. The third kappa shape index (κ3) is 3.12. The first-order valence-electron chi connectivity index (χ1n) is 8.07. The second-order valence-electron chi connectivity index (χ2n) is 5.51. The van der Waals surface area contributed by atoms with Gasteiger partial charge in [0.1, 0.15) is 5.52 Å². The highest BCUT2D eigenvalue weighted by Gasteiger charge is 2.28. The molecule has 7 heteroatoms. The van der Waals surface area contributed by atoms with Crippen LogP contribution >= 0.6 is 0 Å². The average Bonchev–Trinajstić information content (AvgIpc) is 2.85. The van der Waals surface area contributed by atoms with E-state index in [-0.39, 0.29) is 12.2 Å². The first kappa shape index (κ1) is 17.9. The molecule has 0 atom stereocenters. The monoisotopic (exact) mass is 333 g/mol. The van der Waals surface area contributed by atoms with Gasteiger partial charge in [-0.05, 0) is 38.7 Å². The molecule has 3 N–H and O–H groups in total. The summed E-state index contributed by atoms with van der Waals surface area (Å²) in [6.45, 7) is 6.01. The molecule has 0 saturated carbocycles. The van der Waals surface area contributed by atoms with Crippen LogP contribution in [0, 0.1) is 6.92 Å². The summed E-state index contributed by atoms with van der Waals surface area (Å²) < 4.78 is 7.46. The van der Waals surface area contributed by atoms with Crippen LogP contribution in [-0.2, 0) is 17.6 Å². The van der Waals surface area contributed by atoms with E-state index in [2.05, 4.69) is 4.98 Å². The van der Waals surface area contributed by atoms with Crippen molar-refractivity contribution in [3.05, 3.63) is 28.7 Å². The van der Waals surface area contributed by atoms with Crippen LogP contribution in [0.4, 0.5) is 0 Å². The summed E-state index contributed by atoms with van der Waals surface area (Å²) >= 11 is 0. The van der Waals surface area contributed by atoms with Crippen molar-refractivity contribution in [3.63, 3.8) is 0 Å². The second-order valence-corrected chi connectivity index (χ2v) is 5.51.